The Morgan fingerprint density at radius 3 is 2.71 bits per heavy atom. The van der Waals surface area contributed by atoms with E-state index < -0.39 is 5.60 Å². The third-order valence-corrected chi connectivity index (χ3v) is 2.54. The van der Waals surface area contributed by atoms with Crippen LogP contribution in [-0.2, 0) is 4.74 Å². The van der Waals surface area contributed by atoms with Gasteiger partial charge in [-0.05, 0) is 33.6 Å². The van der Waals surface area contributed by atoms with Gasteiger partial charge in [0.05, 0.1) is 0 Å². The number of hydrogen-bond donors (Lipinski definition) is 0. The number of carbonyl (C=O) groups is 1. The van der Waals surface area contributed by atoms with E-state index in [4.69, 9.17) is 16.3 Å². The van der Waals surface area contributed by atoms with Gasteiger partial charge in [-0.25, -0.2) is 4.79 Å². The molecule has 1 amide bonds. The number of nitrogens with zero attached hydrogens (tertiary/aromatic N) is 1. The maximum Gasteiger partial charge on any atom is 0.410 e. The minimum absolute atomic E-state index is 0.159. The van der Waals surface area contributed by atoms with Crippen molar-refractivity contribution in [3.63, 3.8) is 0 Å². The van der Waals surface area contributed by atoms with Gasteiger partial charge >= 0.3 is 6.09 Å². The van der Waals surface area contributed by atoms with Crippen LogP contribution in [0.3, 0.4) is 0 Å². The number of halogens is 1. The van der Waals surface area contributed by atoms with Crippen LogP contribution in [0.5, 0.6) is 0 Å². The molecule has 1 fully saturated rings. The molecule has 4 heteroatoms. The summed E-state index contributed by atoms with van der Waals surface area (Å²) >= 11 is 5.77. The first-order chi connectivity index (χ1) is 6.44. The summed E-state index contributed by atoms with van der Waals surface area (Å²) in [6, 6.07) is 0.159. The highest BCUT2D eigenvalue weighted by Crippen LogP contribution is 2.21. The quantitative estimate of drug-likeness (QED) is 0.635. The Morgan fingerprint density at radius 1 is 1.57 bits per heavy atom. The van der Waals surface area contributed by atoms with Gasteiger partial charge in [0.15, 0.2) is 0 Å². The van der Waals surface area contributed by atoms with Crippen molar-refractivity contribution in [2.45, 2.75) is 45.3 Å². The first-order valence-corrected chi connectivity index (χ1v) is 5.53. The van der Waals surface area contributed by atoms with Gasteiger partial charge in [-0.15, -0.1) is 11.6 Å². The first-order valence-electron chi connectivity index (χ1n) is 4.99. The lowest BCUT2D eigenvalue weighted by Crippen LogP contribution is -2.40. The Balaban J connectivity index is 2.52. The topological polar surface area (TPSA) is 29.5 Å². The number of alkyl halides is 1. The molecule has 1 saturated heterocycles. The summed E-state index contributed by atoms with van der Waals surface area (Å²) in [5, 5.41) is 0. The standard InChI is InChI=1S/C10H18ClNO2/c1-10(2,3)14-9(13)12-6-4-5-8(12)7-11/h8H,4-7H2,1-3H3. The second kappa shape index (κ2) is 4.39. The molecule has 0 saturated carbocycles. The molecule has 0 aromatic rings. The van der Waals surface area contributed by atoms with Gasteiger partial charge < -0.3 is 9.64 Å². The van der Waals surface area contributed by atoms with Crippen LogP contribution >= 0.6 is 11.6 Å². The Morgan fingerprint density at radius 2 is 2.21 bits per heavy atom. The minimum Gasteiger partial charge on any atom is -0.444 e. The lowest BCUT2D eigenvalue weighted by molar-refractivity contribution is 0.0241. The highest BCUT2D eigenvalue weighted by atomic mass is 35.5. The summed E-state index contributed by atoms with van der Waals surface area (Å²) in [4.78, 5) is 13.4. The second-order valence-electron chi connectivity index (χ2n) is 4.62. The molecule has 1 rings (SSSR count). The molecule has 0 aromatic carbocycles. The summed E-state index contributed by atoms with van der Waals surface area (Å²) in [6.07, 6.45) is 1.78. The molecular formula is C10H18ClNO2. The van der Waals surface area contributed by atoms with Gasteiger partial charge in [0, 0.05) is 18.5 Å². The number of likely N-dealkylation sites (tertiary alicyclic amines) is 1. The van der Waals surface area contributed by atoms with E-state index in [1.54, 1.807) is 4.90 Å². The fourth-order valence-corrected chi connectivity index (χ4v) is 1.88. The van der Waals surface area contributed by atoms with E-state index in [2.05, 4.69) is 0 Å². The van der Waals surface area contributed by atoms with E-state index in [1.807, 2.05) is 20.8 Å². The fraction of sp³-hybridized carbons (Fsp3) is 0.900. The predicted octanol–water partition coefficient (Wildman–Crippen LogP) is 2.62. The molecule has 0 radical (unpaired) electrons. The zero-order valence-electron chi connectivity index (χ0n) is 9.05. The van der Waals surface area contributed by atoms with E-state index in [1.165, 1.54) is 0 Å². The molecule has 1 atom stereocenters. The summed E-state index contributed by atoms with van der Waals surface area (Å²) in [5.74, 6) is 0.499. The van der Waals surface area contributed by atoms with Gasteiger partial charge in [0.1, 0.15) is 5.60 Å². The number of carbonyl (C=O) groups excluding carboxylic acids is 1. The molecule has 14 heavy (non-hydrogen) atoms. The monoisotopic (exact) mass is 219 g/mol. The van der Waals surface area contributed by atoms with Gasteiger partial charge in [-0.2, -0.15) is 0 Å². The SMILES string of the molecule is CC(C)(C)OC(=O)N1CCCC1CCl. The fourth-order valence-electron chi connectivity index (χ4n) is 1.56. The first kappa shape index (κ1) is 11.6. The molecule has 82 valence electrons. The number of ether oxygens (including phenoxy) is 1. The van der Waals surface area contributed by atoms with E-state index in [-0.39, 0.29) is 12.1 Å². The molecule has 0 bridgehead atoms. The number of rotatable bonds is 1. The maximum absolute atomic E-state index is 11.7. The van der Waals surface area contributed by atoms with Crippen molar-refractivity contribution in [1.82, 2.24) is 4.90 Å². The molecule has 0 N–H and O–H groups in total. The third-order valence-electron chi connectivity index (χ3n) is 2.18. The third kappa shape index (κ3) is 3.05. The van der Waals surface area contributed by atoms with Crippen molar-refractivity contribution in [2.75, 3.05) is 12.4 Å². The molecule has 0 spiro atoms. The van der Waals surface area contributed by atoms with E-state index in [9.17, 15) is 4.79 Å². The van der Waals surface area contributed by atoms with Crippen LogP contribution in [0, 0.1) is 0 Å². The van der Waals surface area contributed by atoms with Crippen molar-refractivity contribution in [1.29, 1.82) is 0 Å². The Labute approximate surface area is 90.4 Å². The van der Waals surface area contributed by atoms with Gasteiger partial charge in [-0.1, -0.05) is 0 Å². The van der Waals surface area contributed by atoms with Crippen molar-refractivity contribution in [3.05, 3.63) is 0 Å². The number of hydrogen-bond acceptors (Lipinski definition) is 2. The van der Waals surface area contributed by atoms with Crippen molar-refractivity contribution in [3.8, 4) is 0 Å². The molecule has 0 aliphatic carbocycles. The van der Waals surface area contributed by atoms with E-state index in [0.717, 1.165) is 19.4 Å². The zero-order chi connectivity index (χ0) is 10.8. The smallest absolute Gasteiger partial charge is 0.410 e. The number of amides is 1. The summed E-state index contributed by atoms with van der Waals surface area (Å²) in [5.41, 5.74) is -0.420. The van der Waals surface area contributed by atoms with Crippen LogP contribution in [-0.4, -0.2) is 35.1 Å². The van der Waals surface area contributed by atoms with Gasteiger partial charge in [0.2, 0.25) is 0 Å². The molecule has 1 aliphatic rings. The summed E-state index contributed by atoms with van der Waals surface area (Å²) in [7, 11) is 0. The van der Waals surface area contributed by atoms with Crippen molar-refractivity contribution >= 4 is 17.7 Å². The molecule has 1 aliphatic heterocycles. The Bertz CT molecular complexity index is 213. The van der Waals surface area contributed by atoms with Gasteiger partial charge in [0.25, 0.3) is 0 Å². The summed E-state index contributed by atoms with van der Waals surface area (Å²) in [6.45, 7) is 6.39. The zero-order valence-corrected chi connectivity index (χ0v) is 9.80. The van der Waals surface area contributed by atoms with E-state index >= 15 is 0 Å². The minimum atomic E-state index is -0.420. The van der Waals surface area contributed by atoms with Gasteiger partial charge in [-0.3, -0.25) is 0 Å². The summed E-state index contributed by atoms with van der Waals surface area (Å²) < 4.78 is 5.28. The van der Waals surface area contributed by atoms with Crippen LogP contribution in [0.15, 0.2) is 0 Å². The van der Waals surface area contributed by atoms with Crippen LogP contribution in [0.1, 0.15) is 33.6 Å². The average Bonchev–Trinajstić information content (AvgIpc) is 2.47. The highest BCUT2D eigenvalue weighted by molar-refractivity contribution is 6.18. The molecule has 0 aromatic heterocycles. The van der Waals surface area contributed by atoms with Crippen LogP contribution in [0.2, 0.25) is 0 Å². The molecular weight excluding hydrogens is 202 g/mol. The van der Waals surface area contributed by atoms with Crippen LogP contribution < -0.4 is 0 Å². The highest BCUT2D eigenvalue weighted by Gasteiger charge is 2.31. The van der Waals surface area contributed by atoms with E-state index in [0.29, 0.717) is 5.88 Å². The van der Waals surface area contributed by atoms with Crippen LogP contribution in [0.4, 0.5) is 4.79 Å². The Hall–Kier alpha value is -0.440. The largest absolute Gasteiger partial charge is 0.444 e. The molecule has 1 heterocycles. The lowest BCUT2D eigenvalue weighted by Gasteiger charge is -2.27. The van der Waals surface area contributed by atoms with Crippen molar-refractivity contribution < 1.29 is 9.53 Å². The maximum atomic E-state index is 11.7. The van der Waals surface area contributed by atoms with Crippen LogP contribution in [0.25, 0.3) is 0 Å². The van der Waals surface area contributed by atoms with Crippen molar-refractivity contribution in [2.24, 2.45) is 0 Å². The Kier molecular flexibility index (Phi) is 3.65. The average molecular weight is 220 g/mol. The second-order valence-corrected chi connectivity index (χ2v) is 4.93. The predicted molar refractivity (Wildman–Crippen MR) is 56.7 cm³/mol. The lowest BCUT2D eigenvalue weighted by atomic mass is 10.2. The normalized spacial score (nSPS) is 22.6. The molecule has 1 unspecified atom stereocenters. The molecule has 3 nitrogen and oxygen atoms in total.